The monoisotopic (exact) mass is 266 g/mol. The van der Waals surface area contributed by atoms with E-state index >= 15 is 0 Å². The van der Waals surface area contributed by atoms with E-state index in [4.69, 9.17) is 5.26 Å². The molecule has 0 unspecified atom stereocenters. The summed E-state index contributed by atoms with van der Waals surface area (Å²) in [5.41, 5.74) is 0.696. The topological polar surface area (TPSA) is 91.9 Å². The normalized spacial score (nSPS) is 17.1. The van der Waals surface area contributed by atoms with Crippen molar-refractivity contribution < 1.29 is 13.7 Å². The summed E-state index contributed by atoms with van der Waals surface area (Å²) in [6.07, 6.45) is 0. The van der Waals surface area contributed by atoms with Crippen LogP contribution in [-0.2, 0) is 10.2 Å². The fraction of sp³-hybridized carbons (Fsp3) is 0.364. The molecular formula is C11H14N4O2S. The molecule has 1 aliphatic heterocycles. The van der Waals surface area contributed by atoms with E-state index in [-0.39, 0.29) is 0 Å². The lowest BCUT2D eigenvalue weighted by molar-refractivity contribution is -0.661. The van der Waals surface area contributed by atoms with E-state index < -0.39 is 10.2 Å². The highest BCUT2D eigenvalue weighted by atomic mass is 32.2. The van der Waals surface area contributed by atoms with E-state index in [1.54, 1.807) is 18.2 Å². The predicted molar refractivity (Wildman–Crippen MR) is 66.3 cm³/mol. The molecule has 6 nitrogen and oxygen atoms in total. The van der Waals surface area contributed by atoms with Gasteiger partial charge in [-0.05, 0) is 6.07 Å². The number of piperazine rings is 1. The zero-order chi connectivity index (χ0) is 13.0. The summed E-state index contributed by atoms with van der Waals surface area (Å²) >= 11 is 0. The largest absolute Gasteiger partial charge is 0.564 e. The quantitative estimate of drug-likeness (QED) is 0.813. The molecule has 2 rings (SSSR count). The Hall–Kier alpha value is -1.62. The number of nitriles is 1. The van der Waals surface area contributed by atoms with Gasteiger partial charge in [-0.3, -0.25) is 0 Å². The van der Waals surface area contributed by atoms with Gasteiger partial charge in [0.25, 0.3) is 0 Å². The van der Waals surface area contributed by atoms with Crippen molar-refractivity contribution in [2.45, 2.75) is 0 Å². The summed E-state index contributed by atoms with van der Waals surface area (Å²) in [4.78, 5) is 0. The summed E-state index contributed by atoms with van der Waals surface area (Å²) in [6.45, 7) is 2.47. The molecule has 0 saturated carbocycles. The van der Waals surface area contributed by atoms with Gasteiger partial charge in [-0.25, -0.2) is 12.7 Å². The molecule has 1 aromatic rings. The number of hydrogen-bond donors (Lipinski definition) is 1. The summed E-state index contributed by atoms with van der Waals surface area (Å²) in [6, 6.07) is 8.24. The molecule has 0 radical (unpaired) electrons. The Morgan fingerprint density at radius 2 is 2.06 bits per heavy atom. The molecule has 0 aromatic heterocycles. The van der Waals surface area contributed by atoms with Crippen LogP contribution in [0.5, 0.6) is 0 Å². The number of benzene rings is 1. The van der Waals surface area contributed by atoms with Gasteiger partial charge >= 0.3 is 0 Å². The average Bonchev–Trinajstić information content (AvgIpc) is 2.39. The van der Waals surface area contributed by atoms with Gasteiger partial charge in [0.15, 0.2) is 10.2 Å². The smallest absolute Gasteiger partial charge is 0.160 e. The second-order valence-electron chi connectivity index (χ2n) is 4.00. The van der Waals surface area contributed by atoms with Crippen LogP contribution in [0, 0.1) is 11.3 Å². The van der Waals surface area contributed by atoms with Crippen LogP contribution in [0.25, 0.3) is 4.72 Å². The minimum atomic E-state index is -3.63. The molecule has 1 heterocycles. The molecular weight excluding hydrogens is 252 g/mol. The van der Waals surface area contributed by atoms with Gasteiger partial charge in [-0.2, -0.15) is 5.26 Å². The van der Waals surface area contributed by atoms with E-state index in [1.807, 2.05) is 6.07 Å². The zero-order valence-electron chi connectivity index (χ0n) is 9.78. The average molecular weight is 266 g/mol. The SMILES string of the molecule is N#Cc1cccc([N-]S(=O)(=O)N2CC[NH2+]CC2)c1. The van der Waals surface area contributed by atoms with Crippen LogP contribution in [-0.4, -0.2) is 38.9 Å². The minimum Gasteiger partial charge on any atom is -0.564 e. The predicted octanol–water partition coefficient (Wildman–Crippen LogP) is -0.313. The first-order valence-electron chi connectivity index (χ1n) is 5.67. The fourth-order valence-corrected chi connectivity index (χ4v) is 2.95. The Bertz CT molecular complexity index is 559. The standard InChI is InChI=1S/C11H13N4O2S/c12-9-10-2-1-3-11(8-10)14-18(16,17)15-6-4-13-5-7-15/h1-3,8,13H,4-7H2/q-1/p+1. The summed E-state index contributed by atoms with van der Waals surface area (Å²) < 4.78 is 29.2. The van der Waals surface area contributed by atoms with E-state index in [9.17, 15) is 8.42 Å². The molecule has 1 aliphatic rings. The molecule has 96 valence electrons. The molecule has 1 saturated heterocycles. The third kappa shape index (κ3) is 2.98. The first kappa shape index (κ1) is 12.8. The number of hydrogen-bond acceptors (Lipinski definition) is 3. The van der Waals surface area contributed by atoms with E-state index in [1.165, 1.54) is 10.4 Å². The molecule has 1 fully saturated rings. The highest BCUT2D eigenvalue weighted by Crippen LogP contribution is 2.25. The second kappa shape index (κ2) is 5.35. The van der Waals surface area contributed by atoms with E-state index in [0.29, 0.717) is 24.3 Å². The van der Waals surface area contributed by atoms with Crippen LogP contribution in [0.2, 0.25) is 0 Å². The van der Waals surface area contributed by atoms with Crippen molar-refractivity contribution >= 4 is 15.9 Å². The van der Waals surface area contributed by atoms with Gasteiger partial charge in [-0.15, -0.1) is 5.69 Å². The van der Waals surface area contributed by atoms with Crippen LogP contribution in [0.3, 0.4) is 0 Å². The van der Waals surface area contributed by atoms with Crippen LogP contribution in [0.15, 0.2) is 24.3 Å². The fourth-order valence-electron chi connectivity index (χ4n) is 1.78. The van der Waals surface area contributed by atoms with Crippen molar-refractivity contribution in [2.24, 2.45) is 0 Å². The van der Waals surface area contributed by atoms with E-state index in [0.717, 1.165) is 13.1 Å². The van der Waals surface area contributed by atoms with Gasteiger partial charge in [0, 0.05) is 0 Å². The van der Waals surface area contributed by atoms with Crippen LogP contribution in [0.1, 0.15) is 5.56 Å². The first-order valence-corrected chi connectivity index (χ1v) is 7.06. The highest BCUT2D eigenvalue weighted by molar-refractivity contribution is 7.92. The zero-order valence-corrected chi connectivity index (χ0v) is 10.6. The minimum absolute atomic E-state index is 0.295. The molecule has 0 atom stereocenters. The maximum Gasteiger partial charge on any atom is 0.160 e. The lowest BCUT2D eigenvalue weighted by atomic mass is 10.2. The van der Waals surface area contributed by atoms with Gasteiger partial charge < -0.3 is 10.0 Å². The number of nitrogens with two attached hydrogens (primary N) is 1. The molecule has 0 amide bonds. The Morgan fingerprint density at radius 1 is 1.33 bits per heavy atom. The van der Waals surface area contributed by atoms with Crippen LogP contribution < -0.4 is 5.32 Å². The lowest BCUT2D eigenvalue weighted by Crippen LogP contribution is -2.89. The summed E-state index contributed by atoms with van der Waals surface area (Å²) in [7, 11) is -3.63. The maximum absolute atomic E-state index is 12.0. The maximum atomic E-state index is 12.0. The van der Waals surface area contributed by atoms with Crippen molar-refractivity contribution in [1.29, 1.82) is 5.26 Å². The van der Waals surface area contributed by atoms with Crippen LogP contribution >= 0.6 is 0 Å². The summed E-state index contributed by atoms with van der Waals surface area (Å²) in [5, 5.41) is 10.8. The first-order chi connectivity index (χ1) is 8.62. The molecule has 7 heteroatoms. The highest BCUT2D eigenvalue weighted by Gasteiger charge is 2.18. The van der Waals surface area contributed by atoms with Crippen molar-refractivity contribution in [1.82, 2.24) is 4.31 Å². The lowest BCUT2D eigenvalue weighted by Gasteiger charge is -2.32. The number of nitrogens with zero attached hydrogens (tertiary/aromatic N) is 3. The molecule has 18 heavy (non-hydrogen) atoms. The van der Waals surface area contributed by atoms with Gasteiger partial charge in [0.2, 0.25) is 0 Å². The van der Waals surface area contributed by atoms with Gasteiger partial charge in [0.1, 0.15) is 0 Å². The Kier molecular flexibility index (Phi) is 3.81. The van der Waals surface area contributed by atoms with Gasteiger partial charge in [0.05, 0.1) is 37.8 Å². The van der Waals surface area contributed by atoms with Crippen molar-refractivity contribution in [3.05, 3.63) is 34.6 Å². The molecule has 0 aliphatic carbocycles. The third-order valence-electron chi connectivity index (χ3n) is 2.69. The molecule has 2 N–H and O–H groups in total. The third-order valence-corrected chi connectivity index (χ3v) is 4.15. The summed E-state index contributed by atoms with van der Waals surface area (Å²) in [5.74, 6) is 0. The molecule has 1 aromatic carbocycles. The van der Waals surface area contributed by atoms with Crippen LogP contribution in [0.4, 0.5) is 5.69 Å². The van der Waals surface area contributed by atoms with Crippen molar-refractivity contribution in [3.63, 3.8) is 0 Å². The second-order valence-corrected chi connectivity index (χ2v) is 5.59. The molecule has 0 spiro atoms. The Morgan fingerprint density at radius 3 is 2.72 bits per heavy atom. The van der Waals surface area contributed by atoms with Crippen molar-refractivity contribution in [2.75, 3.05) is 26.2 Å². The van der Waals surface area contributed by atoms with Crippen molar-refractivity contribution in [3.8, 4) is 6.07 Å². The van der Waals surface area contributed by atoms with Gasteiger partial charge in [-0.1, -0.05) is 18.2 Å². The Labute approximate surface area is 106 Å². The number of quaternary nitrogens is 1. The number of rotatable bonds is 3. The van der Waals surface area contributed by atoms with E-state index in [2.05, 4.69) is 10.0 Å². The Balaban J connectivity index is 2.14. The molecule has 0 bridgehead atoms.